The van der Waals surface area contributed by atoms with E-state index in [0.717, 1.165) is 32.1 Å². The Morgan fingerprint density at radius 3 is 2.32 bits per heavy atom. The zero-order chi connectivity index (χ0) is 27.3. The van der Waals surface area contributed by atoms with E-state index in [4.69, 9.17) is 10.5 Å². The first-order valence-corrected chi connectivity index (χ1v) is 14.2. The topological polar surface area (TPSA) is 92.9 Å². The number of hydrogen-bond donors (Lipinski definition) is 2. The van der Waals surface area contributed by atoms with Crippen LogP contribution in [-0.4, -0.2) is 46.8 Å². The van der Waals surface area contributed by atoms with Crippen molar-refractivity contribution in [3.05, 3.63) is 35.9 Å². The van der Waals surface area contributed by atoms with Gasteiger partial charge in [-0.3, -0.25) is 4.79 Å². The fraction of sp³-hybridized carbons (Fsp3) is 0.742. The first-order valence-electron chi connectivity index (χ1n) is 14.2. The van der Waals surface area contributed by atoms with Crippen LogP contribution >= 0.6 is 0 Å². The highest BCUT2D eigenvalue weighted by atomic mass is 16.6. The second-order valence-corrected chi connectivity index (χ2v) is 14.4. The lowest BCUT2D eigenvalue weighted by Gasteiger charge is -2.65. The maximum atomic E-state index is 12.1. The van der Waals surface area contributed by atoms with Crippen LogP contribution in [0.25, 0.3) is 0 Å². The third-order valence-electron chi connectivity index (χ3n) is 9.74. The van der Waals surface area contributed by atoms with Gasteiger partial charge >= 0.3 is 12.1 Å². The van der Waals surface area contributed by atoms with Gasteiger partial charge in [0.1, 0.15) is 5.60 Å². The Morgan fingerprint density at radius 1 is 1.08 bits per heavy atom. The number of carboxylic acids is 1. The van der Waals surface area contributed by atoms with Gasteiger partial charge in [-0.1, -0.05) is 57.5 Å². The Balaban J connectivity index is 0.000000181. The molecule has 6 heteroatoms. The molecule has 6 rings (SSSR count). The second-order valence-electron chi connectivity index (χ2n) is 14.4. The van der Waals surface area contributed by atoms with Gasteiger partial charge in [-0.05, 0) is 93.4 Å². The van der Waals surface area contributed by atoms with Gasteiger partial charge in [-0.15, -0.1) is 0 Å². The number of carboxylic acid groups (broad SMARTS) is 1. The summed E-state index contributed by atoms with van der Waals surface area (Å²) in [5, 5.41) is 9.95. The number of rotatable bonds is 3. The molecule has 5 aliphatic rings. The zero-order valence-corrected chi connectivity index (χ0v) is 23.8. The molecule has 4 bridgehead atoms. The Morgan fingerprint density at radius 2 is 1.76 bits per heavy atom. The van der Waals surface area contributed by atoms with E-state index in [1.807, 2.05) is 20.8 Å². The summed E-state index contributed by atoms with van der Waals surface area (Å²) in [6.07, 6.45) is 8.09. The zero-order valence-electron chi connectivity index (χ0n) is 23.8. The number of hydrogen-bond acceptors (Lipinski definition) is 4. The molecule has 0 aromatic heterocycles. The number of nitrogens with zero attached hydrogens (tertiary/aromatic N) is 1. The molecule has 1 aromatic rings. The maximum Gasteiger partial charge on any atom is 0.410 e. The molecule has 5 unspecified atom stereocenters. The number of aliphatic carboxylic acids is 1. The molecule has 0 spiro atoms. The predicted octanol–water partition coefficient (Wildman–Crippen LogP) is 6.37. The average Bonchev–Trinajstić information content (AvgIpc) is 2.80. The van der Waals surface area contributed by atoms with Crippen LogP contribution in [0.4, 0.5) is 4.79 Å². The minimum Gasteiger partial charge on any atom is -0.481 e. The molecule has 206 valence electrons. The Hall–Kier alpha value is -2.08. The van der Waals surface area contributed by atoms with E-state index in [-0.39, 0.29) is 28.4 Å². The molecular formula is C31H48N2O4. The fourth-order valence-corrected chi connectivity index (χ4v) is 8.24. The smallest absolute Gasteiger partial charge is 0.410 e. The molecule has 4 saturated carbocycles. The van der Waals surface area contributed by atoms with Crippen molar-refractivity contribution in [3.8, 4) is 0 Å². The summed E-state index contributed by atoms with van der Waals surface area (Å²) in [7, 11) is 0. The number of carbonyl (C=O) groups is 2. The van der Waals surface area contributed by atoms with Gasteiger partial charge in [0.25, 0.3) is 0 Å². The largest absolute Gasteiger partial charge is 0.481 e. The predicted molar refractivity (Wildman–Crippen MR) is 146 cm³/mol. The fourth-order valence-electron chi connectivity index (χ4n) is 8.24. The van der Waals surface area contributed by atoms with Crippen molar-refractivity contribution in [2.45, 2.75) is 110 Å². The van der Waals surface area contributed by atoms with Crippen LogP contribution in [0, 0.1) is 22.2 Å². The standard InChI is InChI=1S/C19H24O2.C12H24N2O2/c1-2-17-8-14-9-18(11-17,15-6-4-3-5-7-15)13-19(10-14,12-17)16(20)21;1-11(2,3)16-10(15)14-7-6-9(13)12(4,5)8-14/h3-7,14H,2,8-13H2,1H3,(H,20,21);9H,6-8,13H2,1-5H3. The van der Waals surface area contributed by atoms with Crippen molar-refractivity contribution in [2.24, 2.45) is 27.9 Å². The molecule has 4 aliphatic carbocycles. The van der Waals surface area contributed by atoms with Crippen LogP contribution in [0.1, 0.15) is 98.5 Å². The lowest BCUT2D eigenvalue weighted by atomic mass is 9.38. The Kier molecular flexibility index (Phi) is 7.24. The number of piperidine rings is 1. The van der Waals surface area contributed by atoms with E-state index in [2.05, 4.69) is 51.1 Å². The highest BCUT2D eigenvalue weighted by Crippen LogP contribution is 2.71. The van der Waals surface area contributed by atoms with Gasteiger partial charge in [-0.2, -0.15) is 0 Å². The first kappa shape index (κ1) is 27.9. The van der Waals surface area contributed by atoms with Gasteiger partial charge < -0.3 is 20.5 Å². The maximum absolute atomic E-state index is 12.1. The first-order chi connectivity index (χ1) is 17.1. The minimum absolute atomic E-state index is 0.0326. The van der Waals surface area contributed by atoms with E-state index >= 15 is 0 Å². The van der Waals surface area contributed by atoms with Crippen LogP contribution in [0.5, 0.6) is 0 Å². The van der Waals surface area contributed by atoms with Crippen LogP contribution in [-0.2, 0) is 14.9 Å². The third-order valence-corrected chi connectivity index (χ3v) is 9.74. The summed E-state index contributed by atoms with van der Waals surface area (Å²) in [6, 6.07) is 10.9. The molecule has 3 N–H and O–H groups in total. The average molecular weight is 513 g/mol. The molecule has 1 amide bonds. The molecule has 37 heavy (non-hydrogen) atoms. The minimum atomic E-state index is -0.537. The SMILES string of the molecule is CC(C)(C)OC(=O)N1CCC(N)C(C)(C)C1.CCC12CC3CC(C(=O)O)(C1)CC(c1ccccc1)(C3)C2. The van der Waals surface area contributed by atoms with Crippen LogP contribution < -0.4 is 5.73 Å². The number of amides is 1. The molecular weight excluding hydrogens is 464 g/mol. The molecule has 1 aromatic carbocycles. The van der Waals surface area contributed by atoms with Crippen molar-refractivity contribution in [3.63, 3.8) is 0 Å². The molecule has 1 heterocycles. The van der Waals surface area contributed by atoms with Gasteiger partial charge in [0.05, 0.1) is 5.41 Å². The van der Waals surface area contributed by atoms with E-state index in [9.17, 15) is 14.7 Å². The van der Waals surface area contributed by atoms with Crippen LogP contribution in [0.2, 0.25) is 0 Å². The molecule has 1 saturated heterocycles. The van der Waals surface area contributed by atoms with E-state index in [0.29, 0.717) is 19.0 Å². The van der Waals surface area contributed by atoms with Gasteiger partial charge in [-0.25, -0.2) is 4.79 Å². The van der Waals surface area contributed by atoms with Crippen LogP contribution in [0.15, 0.2) is 30.3 Å². The van der Waals surface area contributed by atoms with Gasteiger partial charge in [0.2, 0.25) is 0 Å². The quantitative estimate of drug-likeness (QED) is 0.491. The summed E-state index contributed by atoms with van der Waals surface area (Å²) in [6.45, 7) is 13.5. The number of benzene rings is 1. The summed E-state index contributed by atoms with van der Waals surface area (Å²) < 4.78 is 5.35. The van der Waals surface area contributed by atoms with Crippen LogP contribution in [0.3, 0.4) is 0 Å². The van der Waals surface area contributed by atoms with E-state index < -0.39 is 17.0 Å². The normalized spacial score (nSPS) is 35.9. The number of likely N-dealkylation sites (tertiary alicyclic amines) is 1. The number of ether oxygens (including phenoxy) is 1. The summed E-state index contributed by atoms with van der Waals surface area (Å²) in [5.41, 5.74) is 6.89. The molecule has 5 fully saturated rings. The Bertz CT molecular complexity index is 1000. The van der Waals surface area contributed by atoms with Crippen molar-refractivity contribution in [2.75, 3.05) is 13.1 Å². The monoisotopic (exact) mass is 512 g/mol. The van der Waals surface area contributed by atoms with Crippen molar-refractivity contribution >= 4 is 12.1 Å². The lowest BCUT2D eigenvalue weighted by molar-refractivity contribution is -0.179. The molecule has 0 radical (unpaired) electrons. The van der Waals surface area contributed by atoms with Crippen molar-refractivity contribution < 1.29 is 19.4 Å². The lowest BCUT2D eigenvalue weighted by Crippen LogP contribution is -2.60. The second kappa shape index (κ2) is 9.59. The molecule has 6 nitrogen and oxygen atoms in total. The summed E-state index contributed by atoms with van der Waals surface area (Å²) in [4.78, 5) is 25.7. The highest BCUT2D eigenvalue weighted by molar-refractivity contribution is 5.76. The third kappa shape index (κ3) is 5.55. The van der Waals surface area contributed by atoms with Crippen molar-refractivity contribution in [1.29, 1.82) is 0 Å². The summed E-state index contributed by atoms with van der Waals surface area (Å²) in [5.74, 6) is 0.0715. The molecule has 5 atom stereocenters. The highest BCUT2D eigenvalue weighted by Gasteiger charge is 2.65. The molecule has 1 aliphatic heterocycles. The van der Waals surface area contributed by atoms with E-state index in [1.165, 1.54) is 24.8 Å². The van der Waals surface area contributed by atoms with Gasteiger partial charge in [0.15, 0.2) is 0 Å². The Labute approximate surface area is 223 Å². The van der Waals surface area contributed by atoms with Crippen molar-refractivity contribution in [1.82, 2.24) is 4.90 Å². The summed E-state index contributed by atoms with van der Waals surface area (Å²) >= 11 is 0. The number of nitrogens with two attached hydrogens (primary N) is 1. The van der Waals surface area contributed by atoms with Gasteiger partial charge in [0, 0.05) is 19.1 Å². The van der Waals surface area contributed by atoms with E-state index in [1.54, 1.807) is 4.90 Å². The number of carbonyl (C=O) groups excluding carboxylic acids is 1.